The lowest BCUT2D eigenvalue weighted by molar-refractivity contribution is 0.307. The van der Waals surface area contributed by atoms with Crippen LogP contribution in [-0.4, -0.2) is 21.7 Å². The average Bonchev–Trinajstić information content (AvgIpc) is 2.85. The molecule has 1 heterocycles. The van der Waals surface area contributed by atoms with E-state index in [0.29, 0.717) is 5.92 Å². The Bertz CT molecular complexity index is 334. The topological polar surface area (TPSA) is 67.6 Å². The molecule has 1 aromatic rings. The molecule has 4 nitrogen and oxygen atoms in total. The van der Waals surface area contributed by atoms with E-state index in [1.165, 1.54) is 32.1 Å². The molecule has 17 heavy (non-hydrogen) atoms. The van der Waals surface area contributed by atoms with Crippen LogP contribution < -0.4 is 5.73 Å². The lowest BCUT2D eigenvalue weighted by atomic mass is 9.80. The van der Waals surface area contributed by atoms with Crippen molar-refractivity contribution in [2.45, 2.75) is 57.8 Å². The van der Waals surface area contributed by atoms with Gasteiger partial charge in [-0.3, -0.25) is 5.10 Å². The van der Waals surface area contributed by atoms with E-state index in [-0.39, 0.29) is 0 Å². The van der Waals surface area contributed by atoms with Gasteiger partial charge in [0, 0.05) is 12.3 Å². The Labute approximate surface area is 103 Å². The fourth-order valence-corrected chi connectivity index (χ4v) is 2.77. The molecule has 1 aliphatic rings. The van der Waals surface area contributed by atoms with Gasteiger partial charge in [-0.15, -0.1) is 0 Å². The molecule has 2 rings (SSSR count). The van der Waals surface area contributed by atoms with Crippen LogP contribution in [0.5, 0.6) is 0 Å². The molecule has 0 bridgehead atoms. The zero-order valence-electron chi connectivity index (χ0n) is 10.8. The third-order valence-electron chi connectivity index (χ3n) is 3.89. The Morgan fingerprint density at radius 2 is 2.29 bits per heavy atom. The molecule has 1 aliphatic carbocycles. The van der Waals surface area contributed by atoms with E-state index in [4.69, 9.17) is 5.73 Å². The summed E-state index contributed by atoms with van der Waals surface area (Å²) in [5.41, 5.74) is 5.50. The monoisotopic (exact) mass is 236 g/mol. The van der Waals surface area contributed by atoms with Crippen molar-refractivity contribution in [1.29, 1.82) is 0 Å². The van der Waals surface area contributed by atoms with Crippen molar-refractivity contribution >= 4 is 0 Å². The maximum atomic E-state index is 5.50. The van der Waals surface area contributed by atoms with Gasteiger partial charge in [0.15, 0.2) is 5.82 Å². The predicted molar refractivity (Wildman–Crippen MR) is 68.7 cm³/mol. The maximum absolute atomic E-state index is 5.50. The lowest BCUT2D eigenvalue weighted by Gasteiger charge is -2.26. The number of hydrogen-bond donors (Lipinski definition) is 2. The summed E-state index contributed by atoms with van der Waals surface area (Å²) >= 11 is 0. The second-order valence-electron chi connectivity index (χ2n) is 5.17. The smallest absolute Gasteiger partial charge is 0.153 e. The Morgan fingerprint density at radius 1 is 1.41 bits per heavy atom. The van der Waals surface area contributed by atoms with Crippen LogP contribution in [-0.2, 0) is 6.42 Å². The molecule has 2 unspecified atom stereocenters. The van der Waals surface area contributed by atoms with Gasteiger partial charge in [0.1, 0.15) is 5.82 Å². The number of H-pyrrole nitrogens is 1. The molecule has 4 heteroatoms. The highest BCUT2D eigenvalue weighted by Gasteiger charge is 2.24. The van der Waals surface area contributed by atoms with E-state index in [1.54, 1.807) is 0 Å². The molecule has 3 N–H and O–H groups in total. The van der Waals surface area contributed by atoms with Crippen LogP contribution in [0.15, 0.2) is 0 Å². The second-order valence-corrected chi connectivity index (χ2v) is 5.17. The number of nitrogens with two attached hydrogens (primary N) is 1. The molecule has 1 fully saturated rings. The Hall–Kier alpha value is -0.900. The van der Waals surface area contributed by atoms with Gasteiger partial charge in [-0.2, -0.15) is 5.10 Å². The highest BCUT2D eigenvalue weighted by Crippen LogP contribution is 2.35. The second kappa shape index (κ2) is 6.15. The number of rotatable bonds is 5. The molecule has 0 aromatic carbocycles. The Morgan fingerprint density at radius 3 is 3.06 bits per heavy atom. The molecule has 96 valence electrons. The normalized spacial score (nSPS) is 25.1. The number of aromatic nitrogens is 3. The minimum absolute atomic E-state index is 0.580. The number of aryl methyl sites for hydroxylation is 1. The minimum atomic E-state index is 0.580. The maximum Gasteiger partial charge on any atom is 0.153 e. The molecule has 0 saturated heterocycles. The molecule has 1 saturated carbocycles. The highest BCUT2D eigenvalue weighted by molar-refractivity contribution is 5.00. The lowest BCUT2D eigenvalue weighted by Crippen LogP contribution is -2.14. The van der Waals surface area contributed by atoms with E-state index in [0.717, 1.165) is 37.0 Å². The largest absolute Gasteiger partial charge is 0.330 e. The Kier molecular flexibility index (Phi) is 4.54. The number of nitrogens with zero attached hydrogens (tertiary/aromatic N) is 2. The average molecular weight is 236 g/mol. The van der Waals surface area contributed by atoms with Crippen molar-refractivity contribution in [1.82, 2.24) is 15.2 Å². The SMILES string of the molecule is CCC1CCCC(c2n[nH]c(CCCN)n2)C1. The fraction of sp³-hybridized carbons (Fsp3) is 0.846. The minimum Gasteiger partial charge on any atom is -0.330 e. The first-order valence-electron chi connectivity index (χ1n) is 6.94. The fourth-order valence-electron chi connectivity index (χ4n) is 2.77. The molecular formula is C13H24N4. The molecule has 0 amide bonds. The van der Waals surface area contributed by atoms with Crippen molar-refractivity contribution in [3.63, 3.8) is 0 Å². The first-order valence-corrected chi connectivity index (χ1v) is 6.94. The third kappa shape index (κ3) is 3.28. The highest BCUT2D eigenvalue weighted by atomic mass is 15.2. The number of nitrogens with one attached hydrogen (secondary N) is 1. The molecule has 2 atom stereocenters. The summed E-state index contributed by atoms with van der Waals surface area (Å²) in [4.78, 5) is 4.62. The van der Waals surface area contributed by atoms with Gasteiger partial charge in [-0.1, -0.05) is 26.2 Å². The number of aromatic amines is 1. The summed E-state index contributed by atoms with van der Waals surface area (Å²) in [6.07, 6.45) is 8.44. The van der Waals surface area contributed by atoms with Crippen molar-refractivity contribution < 1.29 is 0 Å². The number of hydrogen-bond acceptors (Lipinski definition) is 3. The van der Waals surface area contributed by atoms with Gasteiger partial charge in [-0.25, -0.2) is 4.98 Å². The molecular weight excluding hydrogens is 212 g/mol. The van der Waals surface area contributed by atoms with Gasteiger partial charge in [0.25, 0.3) is 0 Å². The van der Waals surface area contributed by atoms with Crippen molar-refractivity contribution in [3.8, 4) is 0 Å². The summed E-state index contributed by atoms with van der Waals surface area (Å²) in [5.74, 6) is 3.50. The zero-order chi connectivity index (χ0) is 12.1. The van der Waals surface area contributed by atoms with Crippen LogP contribution >= 0.6 is 0 Å². The van der Waals surface area contributed by atoms with Gasteiger partial charge < -0.3 is 5.73 Å². The molecule has 0 aliphatic heterocycles. The first kappa shape index (κ1) is 12.6. The van der Waals surface area contributed by atoms with Gasteiger partial charge in [0.2, 0.25) is 0 Å². The van der Waals surface area contributed by atoms with Crippen molar-refractivity contribution in [3.05, 3.63) is 11.6 Å². The predicted octanol–water partition coefficient (Wildman–Crippen LogP) is 2.38. The van der Waals surface area contributed by atoms with E-state index < -0.39 is 0 Å². The van der Waals surface area contributed by atoms with Crippen LogP contribution in [0.4, 0.5) is 0 Å². The van der Waals surface area contributed by atoms with E-state index in [1.807, 2.05) is 0 Å². The zero-order valence-corrected chi connectivity index (χ0v) is 10.8. The summed E-state index contributed by atoms with van der Waals surface area (Å²) in [6.45, 7) is 3.01. The van der Waals surface area contributed by atoms with Crippen LogP contribution in [0.1, 0.15) is 63.0 Å². The van der Waals surface area contributed by atoms with Crippen LogP contribution in [0.3, 0.4) is 0 Å². The third-order valence-corrected chi connectivity index (χ3v) is 3.89. The van der Waals surface area contributed by atoms with E-state index in [2.05, 4.69) is 22.1 Å². The summed E-state index contributed by atoms with van der Waals surface area (Å²) in [5, 5.41) is 7.44. The molecule has 0 radical (unpaired) electrons. The van der Waals surface area contributed by atoms with Crippen LogP contribution in [0.2, 0.25) is 0 Å². The Balaban J connectivity index is 1.94. The molecule has 0 spiro atoms. The van der Waals surface area contributed by atoms with Crippen molar-refractivity contribution in [2.75, 3.05) is 6.54 Å². The standard InChI is InChI=1S/C13H24N4/c1-2-10-5-3-6-11(9-10)13-15-12(16-17-13)7-4-8-14/h10-11H,2-9,14H2,1H3,(H,15,16,17). The van der Waals surface area contributed by atoms with E-state index in [9.17, 15) is 0 Å². The molecule has 1 aromatic heterocycles. The van der Waals surface area contributed by atoms with Gasteiger partial charge >= 0.3 is 0 Å². The van der Waals surface area contributed by atoms with Gasteiger partial charge in [-0.05, 0) is 31.7 Å². The summed E-state index contributed by atoms with van der Waals surface area (Å²) in [6, 6.07) is 0. The van der Waals surface area contributed by atoms with Gasteiger partial charge in [0.05, 0.1) is 0 Å². The summed E-state index contributed by atoms with van der Waals surface area (Å²) < 4.78 is 0. The first-order chi connectivity index (χ1) is 8.33. The summed E-state index contributed by atoms with van der Waals surface area (Å²) in [7, 11) is 0. The van der Waals surface area contributed by atoms with E-state index >= 15 is 0 Å². The quantitative estimate of drug-likeness (QED) is 0.824. The van der Waals surface area contributed by atoms with Crippen LogP contribution in [0, 0.1) is 5.92 Å². The van der Waals surface area contributed by atoms with Crippen molar-refractivity contribution in [2.24, 2.45) is 11.7 Å². The van der Waals surface area contributed by atoms with Crippen LogP contribution in [0.25, 0.3) is 0 Å².